The van der Waals surface area contributed by atoms with Crippen LogP contribution in [0, 0.1) is 11.8 Å². The summed E-state index contributed by atoms with van der Waals surface area (Å²) in [6.07, 6.45) is -4.52. The van der Waals surface area contributed by atoms with Crippen molar-refractivity contribution in [2.24, 2.45) is 11.8 Å². The molecule has 40 heavy (non-hydrogen) atoms. The molecule has 1 saturated carbocycles. The van der Waals surface area contributed by atoms with E-state index in [4.69, 9.17) is 0 Å². The van der Waals surface area contributed by atoms with Gasteiger partial charge in [-0.25, -0.2) is 0 Å². The number of alkyl halides is 6. The summed E-state index contributed by atoms with van der Waals surface area (Å²) in [5.74, 6) is -0.648. The van der Waals surface area contributed by atoms with Crippen LogP contribution in [0.15, 0.2) is 48.5 Å². The zero-order valence-electron chi connectivity index (χ0n) is 23.2. The van der Waals surface area contributed by atoms with Crippen molar-refractivity contribution in [3.05, 3.63) is 70.8 Å². The van der Waals surface area contributed by atoms with Gasteiger partial charge in [0, 0.05) is 6.04 Å². The zero-order chi connectivity index (χ0) is 29.3. The molecule has 1 aliphatic carbocycles. The second kappa shape index (κ2) is 11.7. The number of hydrogen-bond acceptors (Lipinski definition) is 2. The van der Waals surface area contributed by atoms with Crippen LogP contribution in [-0.4, -0.2) is 29.9 Å². The number of benzene rings is 2. The fraction of sp³-hybridized carbons (Fsp3) is 0.581. The van der Waals surface area contributed by atoms with Crippen LogP contribution >= 0.6 is 0 Å². The molecule has 2 fully saturated rings. The van der Waals surface area contributed by atoms with Gasteiger partial charge in [-0.1, -0.05) is 30.3 Å². The minimum atomic E-state index is -4.97. The van der Waals surface area contributed by atoms with E-state index in [1.54, 1.807) is 0 Å². The number of rotatable bonds is 6. The number of carbonyl (C=O) groups is 1. The minimum absolute atomic E-state index is 0.0898. The molecule has 9 heteroatoms. The smallest absolute Gasteiger partial charge is 0.346 e. The normalized spacial score (nSPS) is 24.2. The van der Waals surface area contributed by atoms with Crippen LogP contribution in [0.3, 0.4) is 0 Å². The van der Waals surface area contributed by atoms with E-state index in [0.717, 1.165) is 44.3 Å². The molecule has 0 aromatic heterocycles. The highest BCUT2D eigenvalue weighted by atomic mass is 19.4. The zero-order valence-corrected chi connectivity index (χ0v) is 23.2. The molecular formula is C31H38F6N2O. The average Bonchev–Trinajstić information content (AvgIpc) is 2.92. The molecule has 0 radical (unpaired) electrons. The lowest BCUT2D eigenvalue weighted by molar-refractivity contribution is -0.143. The number of likely N-dealkylation sites (tertiary alicyclic amines) is 1. The first-order chi connectivity index (χ1) is 18.7. The van der Waals surface area contributed by atoms with Crippen molar-refractivity contribution >= 4 is 5.91 Å². The summed E-state index contributed by atoms with van der Waals surface area (Å²) in [5, 5.41) is 3.10. The molecule has 220 valence electrons. The third-order valence-electron chi connectivity index (χ3n) is 9.05. The molecule has 0 bridgehead atoms. The molecular weight excluding hydrogens is 530 g/mol. The highest BCUT2D eigenvalue weighted by molar-refractivity contribution is 5.84. The number of piperidine rings is 1. The fourth-order valence-electron chi connectivity index (χ4n) is 6.48. The van der Waals surface area contributed by atoms with Gasteiger partial charge in [0.2, 0.25) is 5.91 Å². The summed E-state index contributed by atoms with van der Waals surface area (Å²) in [6, 6.07) is 11.4. The SMILES string of the molecule is CC(C(=O)NC1(c2ccccc2)CCC(C2CCN(C(C)C)CC2)CC1)c1cc(C(F)(F)F)cc(C(F)(F)F)c1. The van der Waals surface area contributed by atoms with Gasteiger partial charge in [0.15, 0.2) is 0 Å². The molecule has 0 spiro atoms. The second-order valence-corrected chi connectivity index (χ2v) is 11.8. The van der Waals surface area contributed by atoms with Gasteiger partial charge in [0.1, 0.15) is 0 Å². The van der Waals surface area contributed by atoms with Gasteiger partial charge in [-0.2, -0.15) is 26.3 Å². The molecule has 2 aliphatic rings. The van der Waals surface area contributed by atoms with Gasteiger partial charge < -0.3 is 10.2 Å². The third kappa shape index (κ3) is 6.84. The molecule has 2 aromatic rings. The lowest BCUT2D eigenvalue weighted by Crippen LogP contribution is -2.50. The molecule has 1 N–H and O–H groups in total. The quantitative estimate of drug-likeness (QED) is 0.357. The molecule has 1 unspecified atom stereocenters. The van der Waals surface area contributed by atoms with E-state index in [9.17, 15) is 31.1 Å². The number of nitrogens with one attached hydrogen (secondary N) is 1. The predicted molar refractivity (Wildman–Crippen MR) is 143 cm³/mol. The highest BCUT2D eigenvalue weighted by Crippen LogP contribution is 2.45. The third-order valence-corrected chi connectivity index (χ3v) is 9.05. The summed E-state index contributed by atoms with van der Waals surface area (Å²) in [4.78, 5) is 16.0. The van der Waals surface area contributed by atoms with Crippen LogP contribution in [0.4, 0.5) is 26.3 Å². The molecule has 1 amide bonds. The standard InChI is InChI=1S/C31H38F6N2O/c1-20(2)39-15-11-23(12-16-39)22-9-13-29(14-10-22,25-7-5-4-6-8-25)38-28(40)21(3)24-17-26(30(32,33)34)19-27(18-24)31(35,36)37/h4-8,17-23H,9-16H2,1-3H3,(H,38,40). The Labute approximate surface area is 232 Å². The van der Waals surface area contributed by atoms with Crippen molar-refractivity contribution in [1.29, 1.82) is 0 Å². The van der Waals surface area contributed by atoms with Crippen molar-refractivity contribution in [2.75, 3.05) is 13.1 Å². The first-order valence-electron chi connectivity index (χ1n) is 14.1. The Bertz CT molecular complexity index is 1110. The monoisotopic (exact) mass is 568 g/mol. The Hall–Kier alpha value is -2.55. The van der Waals surface area contributed by atoms with Gasteiger partial charge in [0.05, 0.1) is 22.6 Å². The Morgan fingerprint density at radius 3 is 1.80 bits per heavy atom. The van der Waals surface area contributed by atoms with Crippen LogP contribution in [0.2, 0.25) is 0 Å². The predicted octanol–water partition coefficient (Wildman–Crippen LogP) is 8.15. The summed E-state index contributed by atoms with van der Waals surface area (Å²) >= 11 is 0. The summed E-state index contributed by atoms with van der Waals surface area (Å²) in [7, 11) is 0. The Morgan fingerprint density at radius 2 is 1.32 bits per heavy atom. The van der Waals surface area contributed by atoms with Crippen LogP contribution < -0.4 is 5.32 Å². The Kier molecular flexibility index (Phi) is 8.93. The number of amides is 1. The molecule has 1 saturated heterocycles. The maximum absolute atomic E-state index is 13.5. The van der Waals surface area contributed by atoms with Gasteiger partial charge >= 0.3 is 12.4 Å². The van der Waals surface area contributed by atoms with E-state index in [-0.39, 0.29) is 11.6 Å². The first kappa shape index (κ1) is 30.4. The number of hydrogen-bond donors (Lipinski definition) is 1. The average molecular weight is 569 g/mol. The Morgan fingerprint density at radius 1 is 0.825 bits per heavy atom. The Balaban J connectivity index is 1.54. The molecule has 1 atom stereocenters. The van der Waals surface area contributed by atoms with Crippen molar-refractivity contribution in [2.45, 2.75) is 89.1 Å². The van der Waals surface area contributed by atoms with Crippen LogP contribution in [-0.2, 0) is 22.7 Å². The first-order valence-corrected chi connectivity index (χ1v) is 14.1. The highest BCUT2D eigenvalue weighted by Gasteiger charge is 2.42. The van der Waals surface area contributed by atoms with Crippen LogP contribution in [0.1, 0.15) is 87.5 Å². The molecule has 1 heterocycles. The lowest BCUT2D eigenvalue weighted by atomic mass is 9.67. The molecule has 3 nitrogen and oxygen atoms in total. The van der Waals surface area contributed by atoms with E-state index in [0.29, 0.717) is 42.9 Å². The number of halogens is 6. The van der Waals surface area contributed by atoms with E-state index in [1.807, 2.05) is 30.3 Å². The van der Waals surface area contributed by atoms with Gasteiger partial charge in [-0.05, 0) is 114 Å². The summed E-state index contributed by atoms with van der Waals surface area (Å²) in [5.41, 5.74) is -2.97. The number of nitrogens with zero attached hydrogens (tertiary/aromatic N) is 1. The summed E-state index contributed by atoms with van der Waals surface area (Å²) in [6.45, 7) is 7.93. The van der Waals surface area contributed by atoms with E-state index < -0.39 is 40.8 Å². The largest absolute Gasteiger partial charge is 0.416 e. The summed E-state index contributed by atoms with van der Waals surface area (Å²) < 4.78 is 80.6. The number of carbonyl (C=O) groups excluding carboxylic acids is 1. The topological polar surface area (TPSA) is 32.3 Å². The van der Waals surface area contributed by atoms with E-state index in [1.165, 1.54) is 6.92 Å². The van der Waals surface area contributed by atoms with E-state index >= 15 is 0 Å². The van der Waals surface area contributed by atoms with Crippen molar-refractivity contribution in [3.63, 3.8) is 0 Å². The van der Waals surface area contributed by atoms with Crippen molar-refractivity contribution in [1.82, 2.24) is 10.2 Å². The van der Waals surface area contributed by atoms with Crippen molar-refractivity contribution in [3.8, 4) is 0 Å². The molecule has 1 aliphatic heterocycles. The lowest BCUT2D eigenvalue weighted by Gasteiger charge is -2.45. The second-order valence-electron chi connectivity index (χ2n) is 11.8. The van der Waals surface area contributed by atoms with Crippen LogP contribution in [0.25, 0.3) is 0 Å². The van der Waals surface area contributed by atoms with E-state index in [2.05, 4.69) is 24.1 Å². The van der Waals surface area contributed by atoms with Gasteiger partial charge in [-0.15, -0.1) is 0 Å². The van der Waals surface area contributed by atoms with Crippen molar-refractivity contribution < 1.29 is 31.1 Å². The maximum atomic E-state index is 13.5. The minimum Gasteiger partial charge on any atom is -0.346 e. The fourth-order valence-corrected chi connectivity index (χ4v) is 6.48. The molecule has 2 aromatic carbocycles. The van der Waals surface area contributed by atoms with Crippen LogP contribution in [0.5, 0.6) is 0 Å². The molecule has 4 rings (SSSR count). The van der Waals surface area contributed by atoms with Gasteiger partial charge in [0.25, 0.3) is 0 Å². The van der Waals surface area contributed by atoms with Gasteiger partial charge in [-0.3, -0.25) is 4.79 Å². The maximum Gasteiger partial charge on any atom is 0.416 e.